The van der Waals surface area contributed by atoms with Gasteiger partial charge in [-0.25, -0.2) is 4.79 Å². The van der Waals surface area contributed by atoms with Gasteiger partial charge < -0.3 is 15.3 Å². The molecule has 1 aromatic rings. The van der Waals surface area contributed by atoms with Gasteiger partial charge >= 0.3 is 5.97 Å². The molecule has 5 heteroatoms. The molecule has 1 aromatic carbocycles. The zero-order chi connectivity index (χ0) is 13.4. The Hall–Kier alpha value is -1.26. The molecule has 0 spiro atoms. The molecular weight excluding hydrogens is 264 g/mol. The summed E-state index contributed by atoms with van der Waals surface area (Å²) in [5.74, 6) is -0.304. The number of carbonyl (C=O) groups is 1. The van der Waals surface area contributed by atoms with E-state index in [1.54, 1.807) is 12.1 Å². The second-order valence-electron chi connectivity index (χ2n) is 5.39. The van der Waals surface area contributed by atoms with Crippen LogP contribution in [0.5, 0.6) is 0 Å². The van der Waals surface area contributed by atoms with Gasteiger partial charge in [-0.2, -0.15) is 0 Å². The fourth-order valence-corrected chi connectivity index (χ4v) is 3.33. The Morgan fingerprint density at radius 3 is 2.95 bits per heavy atom. The highest BCUT2D eigenvalue weighted by Gasteiger charge is 2.34. The van der Waals surface area contributed by atoms with Crippen LogP contribution in [0, 0.1) is 5.92 Å². The number of benzene rings is 1. The van der Waals surface area contributed by atoms with Crippen molar-refractivity contribution in [1.29, 1.82) is 0 Å². The Morgan fingerprint density at radius 2 is 2.16 bits per heavy atom. The maximum absolute atomic E-state index is 11.1. The number of nitrogens with one attached hydrogen (secondary N) is 1. The van der Waals surface area contributed by atoms with E-state index in [0.29, 0.717) is 12.0 Å². The number of carboxylic acids is 1. The second kappa shape index (κ2) is 5.02. The average Bonchev–Trinajstić information content (AvgIpc) is 2.77. The third-order valence-corrected chi connectivity index (χ3v) is 4.51. The molecule has 0 aromatic heterocycles. The molecule has 2 aliphatic heterocycles. The minimum Gasteiger partial charge on any atom is -0.478 e. The van der Waals surface area contributed by atoms with Crippen molar-refractivity contribution < 1.29 is 9.90 Å². The van der Waals surface area contributed by atoms with Gasteiger partial charge in [0.15, 0.2) is 0 Å². The number of carboxylic acid groups (broad SMARTS) is 1. The van der Waals surface area contributed by atoms with E-state index in [1.165, 1.54) is 13.0 Å². The summed E-state index contributed by atoms with van der Waals surface area (Å²) in [6.45, 7) is 3.49. The van der Waals surface area contributed by atoms with E-state index in [0.717, 1.165) is 25.2 Å². The topological polar surface area (TPSA) is 52.6 Å². The Kier molecular flexibility index (Phi) is 3.37. The lowest BCUT2D eigenvalue weighted by atomic mass is 9.94. The molecule has 4 nitrogen and oxygen atoms in total. The van der Waals surface area contributed by atoms with Crippen LogP contribution in [-0.2, 0) is 0 Å². The average molecular weight is 281 g/mol. The van der Waals surface area contributed by atoms with E-state index in [1.807, 2.05) is 6.07 Å². The first-order valence-electron chi connectivity index (χ1n) is 6.65. The van der Waals surface area contributed by atoms with Crippen LogP contribution in [0.2, 0.25) is 5.02 Å². The van der Waals surface area contributed by atoms with Crippen LogP contribution in [0.4, 0.5) is 5.69 Å². The normalized spacial score (nSPS) is 29.2. The largest absolute Gasteiger partial charge is 0.478 e. The van der Waals surface area contributed by atoms with Crippen LogP contribution in [0.25, 0.3) is 0 Å². The maximum atomic E-state index is 11.1. The molecular formula is C14H17ClN2O2. The quantitative estimate of drug-likeness (QED) is 0.893. The number of hydrogen-bond acceptors (Lipinski definition) is 3. The van der Waals surface area contributed by atoms with Crippen LogP contribution in [0.3, 0.4) is 0 Å². The fraction of sp³-hybridized carbons (Fsp3) is 0.500. The number of aromatic carboxylic acids is 1. The Balaban J connectivity index is 1.76. The zero-order valence-electron chi connectivity index (χ0n) is 10.6. The van der Waals surface area contributed by atoms with E-state index in [-0.39, 0.29) is 10.6 Å². The van der Waals surface area contributed by atoms with Gasteiger partial charge in [0.05, 0.1) is 10.6 Å². The number of rotatable bonds is 3. The monoisotopic (exact) mass is 280 g/mol. The smallest absolute Gasteiger partial charge is 0.337 e. The summed E-state index contributed by atoms with van der Waals surface area (Å²) in [4.78, 5) is 13.6. The summed E-state index contributed by atoms with van der Waals surface area (Å²) < 4.78 is 0. The molecule has 0 radical (unpaired) electrons. The lowest BCUT2D eigenvalue weighted by molar-refractivity contribution is 0.0697. The SMILES string of the molecule is O=C(O)c1cc(NC2CCN3CCC2C3)ccc1Cl. The van der Waals surface area contributed by atoms with Gasteiger partial charge in [0.1, 0.15) is 0 Å². The Labute approximate surface area is 117 Å². The molecule has 3 unspecified atom stereocenters. The van der Waals surface area contributed by atoms with E-state index in [2.05, 4.69) is 10.2 Å². The standard InChI is InChI=1S/C14H17ClN2O2/c15-12-2-1-10(7-11(12)14(18)19)16-13-4-6-17-5-3-9(13)8-17/h1-2,7,9,13,16H,3-6,8H2,(H,18,19). The summed E-state index contributed by atoms with van der Waals surface area (Å²) in [6, 6.07) is 5.58. The summed E-state index contributed by atoms with van der Waals surface area (Å²) in [5.41, 5.74) is 1.02. The first kappa shape index (κ1) is 12.8. The highest BCUT2D eigenvalue weighted by molar-refractivity contribution is 6.33. The first-order valence-corrected chi connectivity index (χ1v) is 7.03. The van der Waals surface area contributed by atoms with E-state index >= 15 is 0 Å². The van der Waals surface area contributed by atoms with Gasteiger partial charge in [-0.15, -0.1) is 0 Å². The van der Waals surface area contributed by atoms with Gasteiger partial charge in [0.25, 0.3) is 0 Å². The van der Waals surface area contributed by atoms with Gasteiger partial charge in [-0.1, -0.05) is 11.6 Å². The summed E-state index contributed by atoms with van der Waals surface area (Å²) in [5, 5.41) is 12.9. The number of anilines is 1. The minimum absolute atomic E-state index is 0.163. The van der Waals surface area contributed by atoms with Crippen molar-refractivity contribution in [2.45, 2.75) is 18.9 Å². The molecule has 2 saturated heterocycles. The second-order valence-corrected chi connectivity index (χ2v) is 5.80. The van der Waals surface area contributed by atoms with Crippen LogP contribution in [0.1, 0.15) is 23.2 Å². The molecule has 102 valence electrons. The molecule has 0 amide bonds. The third-order valence-electron chi connectivity index (χ3n) is 4.18. The number of halogens is 1. The summed E-state index contributed by atoms with van der Waals surface area (Å²) >= 11 is 5.88. The maximum Gasteiger partial charge on any atom is 0.337 e. The van der Waals surface area contributed by atoms with Crippen LogP contribution in [-0.4, -0.2) is 41.7 Å². The molecule has 3 atom stereocenters. The minimum atomic E-state index is -0.982. The molecule has 2 bridgehead atoms. The van der Waals surface area contributed by atoms with Gasteiger partial charge in [0, 0.05) is 24.8 Å². The third kappa shape index (κ3) is 2.55. The molecule has 2 heterocycles. The molecule has 0 saturated carbocycles. The van der Waals surface area contributed by atoms with Crippen LogP contribution < -0.4 is 5.32 Å². The van der Waals surface area contributed by atoms with E-state index in [4.69, 9.17) is 16.7 Å². The van der Waals surface area contributed by atoms with Crippen molar-refractivity contribution in [1.82, 2.24) is 4.90 Å². The molecule has 2 aliphatic rings. The Bertz CT molecular complexity index is 506. The van der Waals surface area contributed by atoms with E-state index < -0.39 is 5.97 Å². The van der Waals surface area contributed by atoms with Crippen LogP contribution >= 0.6 is 11.6 Å². The predicted molar refractivity (Wildman–Crippen MR) is 75.0 cm³/mol. The number of piperidine rings is 1. The summed E-state index contributed by atoms with van der Waals surface area (Å²) in [6.07, 6.45) is 2.35. The highest BCUT2D eigenvalue weighted by Crippen LogP contribution is 2.30. The molecule has 2 N–H and O–H groups in total. The fourth-order valence-electron chi connectivity index (χ4n) is 3.13. The van der Waals surface area contributed by atoms with Crippen molar-refractivity contribution >= 4 is 23.3 Å². The first-order chi connectivity index (χ1) is 9.13. The Morgan fingerprint density at radius 1 is 1.37 bits per heavy atom. The number of fused-ring (bicyclic) bond motifs is 2. The molecule has 19 heavy (non-hydrogen) atoms. The number of hydrogen-bond donors (Lipinski definition) is 2. The van der Waals surface area contributed by atoms with Gasteiger partial charge in [-0.05, 0) is 43.5 Å². The van der Waals surface area contributed by atoms with E-state index in [9.17, 15) is 4.79 Å². The lowest BCUT2D eigenvalue weighted by Crippen LogP contribution is -2.39. The molecule has 3 rings (SSSR count). The van der Waals surface area contributed by atoms with Crippen molar-refractivity contribution in [3.63, 3.8) is 0 Å². The predicted octanol–water partition coefficient (Wildman–Crippen LogP) is 2.54. The lowest BCUT2D eigenvalue weighted by Gasteiger charge is -2.31. The van der Waals surface area contributed by atoms with Crippen molar-refractivity contribution in [3.05, 3.63) is 28.8 Å². The van der Waals surface area contributed by atoms with Gasteiger partial charge in [0.2, 0.25) is 0 Å². The van der Waals surface area contributed by atoms with Crippen LogP contribution in [0.15, 0.2) is 18.2 Å². The summed E-state index contributed by atoms with van der Waals surface area (Å²) in [7, 11) is 0. The highest BCUT2D eigenvalue weighted by atomic mass is 35.5. The molecule has 0 aliphatic carbocycles. The van der Waals surface area contributed by atoms with Gasteiger partial charge in [-0.3, -0.25) is 0 Å². The molecule has 2 fully saturated rings. The van der Waals surface area contributed by atoms with Crippen molar-refractivity contribution in [2.75, 3.05) is 25.0 Å². The van der Waals surface area contributed by atoms with Crippen molar-refractivity contribution in [3.8, 4) is 0 Å². The van der Waals surface area contributed by atoms with Crippen molar-refractivity contribution in [2.24, 2.45) is 5.92 Å². The zero-order valence-corrected chi connectivity index (χ0v) is 11.4. The number of nitrogens with zero attached hydrogens (tertiary/aromatic N) is 1.